The van der Waals surface area contributed by atoms with Crippen LogP contribution in [0.1, 0.15) is 29.8 Å². The first-order valence-electron chi connectivity index (χ1n) is 6.52. The highest BCUT2D eigenvalue weighted by atomic mass is 16.5. The number of para-hydroxylation sites is 1. The van der Waals surface area contributed by atoms with E-state index in [0.29, 0.717) is 29.4 Å². The van der Waals surface area contributed by atoms with E-state index < -0.39 is 0 Å². The van der Waals surface area contributed by atoms with E-state index in [4.69, 9.17) is 10.5 Å². The average Bonchev–Trinajstić information content (AvgIpc) is 2.88. The molecule has 20 heavy (non-hydrogen) atoms. The highest BCUT2D eigenvalue weighted by molar-refractivity contribution is 6.07. The third-order valence-electron chi connectivity index (χ3n) is 2.92. The van der Waals surface area contributed by atoms with Crippen LogP contribution in [0.3, 0.4) is 0 Å². The van der Waals surface area contributed by atoms with Crippen LogP contribution in [0.4, 0.5) is 11.5 Å². The molecule has 1 amide bonds. The molecule has 6 heteroatoms. The summed E-state index contributed by atoms with van der Waals surface area (Å²) in [6.45, 7) is 4.28. The Kier molecular flexibility index (Phi) is 4.24. The zero-order valence-corrected chi connectivity index (χ0v) is 11.6. The van der Waals surface area contributed by atoms with Crippen LogP contribution in [0.5, 0.6) is 5.75 Å². The molecule has 1 aromatic heterocycles. The lowest BCUT2D eigenvalue weighted by Gasteiger charge is -2.12. The van der Waals surface area contributed by atoms with E-state index in [1.165, 1.54) is 0 Å². The molecule has 0 aliphatic carbocycles. The number of rotatable bonds is 5. The molecule has 0 radical (unpaired) electrons. The quantitative estimate of drug-likeness (QED) is 0.729. The van der Waals surface area contributed by atoms with Crippen molar-refractivity contribution < 1.29 is 9.53 Å². The summed E-state index contributed by atoms with van der Waals surface area (Å²) in [5, 5.41) is 9.48. The third kappa shape index (κ3) is 2.74. The topological polar surface area (TPSA) is 93.0 Å². The summed E-state index contributed by atoms with van der Waals surface area (Å²) in [5.74, 6) is 0.729. The Morgan fingerprint density at radius 3 is 2.95 bits per heavy atom. The number of amides is 1. The SMILES string of the molecule is CCOc1c(N)cccc1C(=O)Nc1[nH]ncc1CC. The summed E-state index contributed by atoms with van der Waals surface area (Å²) in [6.07, 6.45) is 2.47. The molecule has 0 atom stereocenters. The Labute approximate surface area is 117 Å². The fourth-order valence-electron chi connectivity index (χ4n) is 1.91. The molecule has 2 rings (SSSR count). The number of H-pyrrole nitrogens is 1. The molecule has 1 heterocycles. The lowest BCUT2D eigenvalue weighted by Crippen LogP contribution is -2.15. The molecule has 0 aliphatic rings. The summed E-state index contributed by atoms with van der Waals surface area (Å²) in [5.41, 5.74) is 7.64. The Morgan fingerprint density at radius 1 is 1.45 bits per heavy atom. The molecular weight excluding hydrogens is 256 g/mol. The lowest BCUT2D eigenvalue weighted by atomic mass is 10.1. The van der Waals surface area contributed by atoms with Crippen LogP contribution in [0.25, 0.3) is 0 Å². The van der Waals surface area contributed by atoms with Gasteiger partial charge in [-0.1, -0.05) is 13.0 Å². The third-order valence-corrected chi connectivity index (χ3v) is 2.92. The van der Waals surface area contributed by atoms with Gasteiger partial charge in [0.05, 0.1) is 24.1 Å². The number of hydrogen-bond acceptors (Lipinski definition) is 4. The van der Waals surface area contributed by atoms with Crippen molar-refractivity contribution in [2.45, 2.75) is 20.3 Å². The molecule has 4 N–H and O–H groups in total. The number of anilines is 2. The van der Waals surface area contributed by atoms with Gasteiger partial charge >= 0.3 is 0 Å². The minimum Gasteiger partial charge on any atom is -0.491 e. The number of ether oxygens (including phenoxy) is 1. The fraction of sp³-hybridized carbons (Fsp3) is 0.286. The number of aromatic amines is 1. The molecule has 0 aliphatic heterocycles. The maximum absolute atomic E-state index is 12.3. The summed E-state index contributed by atoms with van der Waals surface area (Å²) in [6, 6.07) is 5.11. The molecule has 6 nitrogen and oxygen atoms in total. The number of carbonyl (C=O) groups excluding carboxylic acids is 1. The number of hydrogen-bond donors (Lipinski definition) is 3. The van der Waals surface area contributed by atoms with Crippen molar-refractivity contribution in [2.75, 3.05) is 17.7 Å². The van der Waals surface area contributed by atoms with E-state index in [-0.39, 0.29) is 5.91 Å². The first kappa shape index (κ1) is 13.9. The Morgan fingerprint density at radius 2 is 2.25 bits per heavy atom. The van der Waals surface area contributed by atoms with Crippen LogP contribution in [0.2, 0.25) is 0 Å². The van der Waals surface area contributed by atoms with Crippen molar-refractivity contribution in [1.29, 1.82) is 0 Å². The van der Waals surface area contributed by atoms with E-state index in [2.05, 4.69) is 15.5 Å². The largest absolute Gasteiger partial charge is 0.491 e. The van der Waals surface area contributed by atoms with Gasteiger partial charge in [-0.3, -0.25) is 9.89 Å². The Balaban J connectivity index is 2.27. The van der Waals surface area contributed by atoms with Crippen molar-refractivity contribution in [3.8, 4) is 5.75 Å². The first-order chi connectivity index (χ1) is 9.67. The zero-order valence-electron chi connectivity index (χ0n) is 11.6. The monoisotopic (exact) mass is 274 g/mol. The molecule has 2 aromatic rings. The van der Waals surface area contributed by atoms with E-state index in [1.807, 2.05) is 13.8 Å². The summed E-state index contributed by atoms with van der Waals surface area (Å²) < 4.78 is 5.45. The van der Waals surface area contributed by atoms with Crippen LogP contribution in [-0.2, 0) is 6.42 Å². The predicted molar refractivity (Wildman–Crippen MR) is 77.9 cm³/mol. The fourth-order valence-corrected chi connectivity index (χ4v) is 1.91. The molecule has 1 aromatic carbocycles. The number of nitrogens with zero attached hydrogens (tertiary/aromatic N) is 1. The minimum absolute atomic E-state index is 0.278. The van der Waals surface area contributed by atoms with Crippen molar-refractivity contribution in [3.05, 3.63) is 35.5 Å². The van der Waals surface area contributed by atoms with E-state index >= 15 is 0 Å². The summed E-state index contributed by atoms with van der Waals surface area (Å²) in [4.78, 5) is 12.3. The van der Waals surface area contributed by atoms with Gasteiger partial charge in [0, 0.05) is 5.56 Å². The van der Waals surface area contributed by atoms with Gasteiger partial charge < -0.3 is 15.8 Å². The van der Waals surface area contributed by atoms with Crippen LogP contribution < -0.4 is 15.8 Å². The van der Waals surface area contributed by atoms with Crippen LogP contribution in [0.15, 0.2) is 24.4 Å². The van der Waals surface area contributed by atoms with Crippen molar-refractivity contribution in [1.82, 2.24) is 10.2 Å². The number of aryl methyl sites for hydroxylation is 1. The molecule has 0 saturated heterocycles. The zero-order chi connectivity index (χ0) is 14.5. The van der Waals surface area contributed by atoms with Gasteiger partial charge in [-0.25, -0.2) is 0 Å². The molecule has 106 valence electrons. The molecular formula is C14H18N4O2. The van der Waals surface area contributed by atoms with Gasteiger partial charge in [-0.15, -0.1) is 0 Å². The van der Waals surface area contributed by atoms with Crippen molar-refractivity contribution >= 4 is 17.4 Å². The first-order valence-corrected chi connectivity index (χ1v) is 6.52. The highest BCUT2D eigenvalue weighted by Crippen LogP contribution is 2.27. The second-order valence-corrected chi connectivity index (χ2v) is 4.23. The van der Waals surface area contributed by atoms with Crippen LogP contribution >= 0.6 is 0 Å². The number of nitrogens with two attached hydrogens (primary N) is 1. The number of nitrogen functional groups attached to an aromatic ring is 1. The smallest absolute Gasteiger partial charge is 0.260 e. The van der Waals surface area contributed by atoms with Gasteiger partial charge in [0.2, 0.25) is 0 Å². The minimum atomic E-state index is -0.278. The van der Waals surface area contributed by atoms with Gasteiger partial charge in [-0.2, -0.15) is 5.10 Å². The highest BCUT2D eigenvalue weighted by Gasteiger charge is 2.16. The maximum Gasteiger partial charge on any atom is 0.260 e. The maximum atomic E-state index is 12.3. The molecule has 0 bridgehead atoms. The van der Waals surface area contributed by atoms with Crippen LogP contribution in [0, 0.1) is 0 Å². The number of aromatic nitrogens is 2. The molecule has 0 unspecified atom stereocenters. The predicted octanol–water partition coefficient (Wildman–Crippen LogP) is 2.21. The average molecular weight is 274 g/mol. The lowest BCUT2D eigenvalue weighted by molar-refractivity contribution is 0.102. The second kappa shape index (κ2) is 6.10. The van der Waals surface area contributed by atoms with Crippen molar-refractivity contribution in [2.24, 2.45) is 0 Å². The van der Waals surface area contributed by atoms with Crippen LogP contribution in [-0.4, -0.2) is 22.7 Å². The Hall–Kier alpha value is -2.50. The Bertz CT molecular complexity index is 607. The summed E-state index contributed by atoms with van der Waals surface area (Å²) >= 11 is 0. The number of benzene rings is 1. The molecule has 0 fully saturated rings. The normalized spacial score (nSPS) is 10.3. The van der Waals surface area contributed by atoms with Gasteiger partial charge in [-0.05, 0) is 25.5 Å². The molecule has 0 spiro atoms. The number of nitrogens with one attached hydrogen (secondary N) is 2. The van der Waals surface area contributed by atoms with E-state index in [0.717, 1.165) is 12.0 Å². The second-order valence-electron chi connectivity index (χ2n) is 4.23. The van der Waals surface area contributed by atoms with Gasteiger partial charge in [0.1, 0.15) is 5.82 Å². The standard InChI is InChI=1S/C14H18N4O2/c1-3-9-8-16-18-13(9)17-14(19)10-6-5-7-11(15)12(10)20-4-2/h5-8H,3-4,15H2,1-2H3,(H2,16,17,18,19). The summed E-state index contributed by atoms with van der Waals surface area (Å²) in [7, 11) is 0. The van der Waals surface area contributed by atoms with E-state index in [1.54, 1.807) is 24.4 Å². The van der Waals surface area contributed by atoms with Gasteiger partial charge in [0.25, 0.3) is 5.91 Å². The number of carbonyl (C=O) groups is 1. The van der Waals surface area contributed by atoms with E-state index in [9.17, 15) is 4.79 Å². The molecule has 0 saturated carbocycles. The van der Waals surface area contributed by atoms with Crippen molar-refractivity contribution in [3.63, 3.8) is 0 Å². The van der Waals surface area contributed by atoms with Gasteiger partial charge in [0.15, 0.2) is 5.75 Å².